The molecule has 0 aromatic heterocycles. The van der Waals surface area contributed by atoms with E-state index in [2.05, 4.69) is 11.9 Å². The molecule has 0 spiro atoms. The molecule has 39 heavy (non-hydrogen) atoms. The Morgan fingerprint density at radius 1 is 1.00 bits per heavy atom. The van der Waals surface area contributed by atoms with E-state index in [1.807, 2.05) is 48.5 Å². The number of rotatable bonds is 7. The van der Waals surface area contributed by atoms with Crippen LogP contribution in [-0.4, -0.2) is 89.2 Å². The summed E-state index contributed by atoms with van der Waals surface area (Å²) in [7, 11) is 0. The molecule has 5 amide bonds. The molecule has 3 aliphatic rings. The normalized spacial score (nSPS) is 19.2. The van der Waals surface area contributed by atoms with Gasteiger partial charge in [0.25, 0.3) is 5.91 Å². The third-order valence-electron chi connectivity index (χ3n) is 7.18. The molecule has 1 atom stereocenters. The monoisotopic (exact) mass is 529 g/mol. The summed E-state index contributed by atoms with van der Waals surface area (Å²) >= 11 is 0. The lowest BCUT2D eigenvalue weighted by atomic mass is 9.95. The summed E-state index contributed by atoms with van der Waals surface area (Å²) in [6.45, 7) is 7.33. The molecule has 3 aliphatic heterocycles. The van der Waals surface area contributed by atoms with Gasteiger partial charge in [-0.15, -0.1) is 6.58 Å². The molecular weight excluding hydrogens is 498 g/mol. The van der Waals surface area contributed by atoms with Crippen LogP contribution in [0.15, 0.2) is 78.5 Å². The highest BCUT2D eigenvalue weighted by Gasteiger charge is 2.44. The van der Waals surface area contributed by atoms with E-state index in [1.165, 1.54) is 16.7 Å². The number of para-hydroxylation sites is 1. The summed E-state index contributed by atoms with van der Waals surface area (Å²) in [5.41, 5.74) is 1.70. The standard InChI is InChI=1S/C29H31N5O5/c1-3-12-34-24-18-33(19-25(36)32-15-13-31(14-16-32)20(2)35)28(37)26(24)27(30-29(34)38)21-8-7-11-23(17-21)39-22-9-5-4-6-10-22/h3-11,17,27H,1,12-16,18-19H2,2H3,(H,30,38)/t27-/m1/s1. The molecule has 0 aliphatic carbocycles. The van der Waals surface area contributed by atoms with E-state index < -0.39 is 6.04 Å². The Labute approximate surface area is 227 Å². The Morgan fingerprint density at radius 3 is 2.38 bits per heavy atom. The second kappa shape index (κ2) is 11.0. The van der Waals surface area contributed by atoms with Gasteiger partial charge in [0.1, 0.15) is 18.0 Å². The summed E-state index contributed by atoms with van der Waals surface area (Å²) in [6.07, 6.45) is 1.60. The van der Waals surface area contributed by atoms with Crippen LogP contribution in [0.4, 0.5) is 4.79 Å². The van der Waals surface area contributed by atoms with E-state index in [1.54, 1.807) is 21.9 Å². The fourth-order valence-corrected chi connectivity index (χ4v) is 5.16. The number of carbonyl (C=O) groups is 4. The van der Waals surface area contributed by atoms with Crippen LogP contribution in [0.3, 0.4) is 0 Å². The maximum Gasteiger partial charge on any atom is 0.322 e. The van der Waals surface area contributed by atoms with Gasteiger partial charge in [0.15, 0.2) is 0 Å². The highest BCUT2D eigenvalue weighted by Crippen LogP contribution is 2.37. The van der Waals surface area contributed by atoms with Gasteiger partial charge in [-0.25, -0.2) is 4.79 Å². The average Bonchev–Trinajstić information content (AvgIpc) is 3.26. The fourth-order valence-electron chi connectivity index (χ4n) is 5.16. The first-order valence-electron chi connectivity index (χ1n) is 12.9. The molecule has 3 heterocycles. The number of nitrogens with zero attached hydrogens (tertiary/aromatic N) is 4. The molecule has 1 N–H and O–H groups in total. The highest BCUT2D eigenvalue weighted by atomic mass is 16.5. The van der Waals surface area contributed by atoms with Crippen LogP contribution in [0.1, 0.15) is 18.5 Å². The molecule has 1 saturated heterocycles. The van der Waals surface area contributed by atoms with E-state index in [9.17, 15) is 19.2 Å². The van der Waals surface area contributed by atoms with Crippen LogP contribution in [-0.2, 0) is 14.4 Å². The topological polar surface area (TPSA) is 102 Å². The van der Waals surface area contributed by atoms with E-state index >= 15 is 0 Å². The van der Waals surface area contributed by atoms with Crippen molar-refractivity contribution in [3.05, 3.63) is 84.1 Å². The summed E-state index contributed by atoms with van der Waals surface area (Å²) < 4.78 is 5.98. The van der Waals surface area contributed by atoms with Crippen LogP contribution in [0.25, 0.3) is 0 Å². The third-order valence-corrected chi connectivity index (χ3v) is 7.18. The number of urea groups is 1. The van der Waals surface area contributed by atoms with Crippen molar-refractivity contribution < 1.29 is 23.9 Å². The van der Waals surface area contributed by atoms with Gasteiger partial charge >= 0.3 is 6.03 Å². The van der Waals surface area contributed by atoms with Gasteiger partial charge in [-0.2, -0.15) is 0 Å². The van der Waals surface area contributed by atoms with Crippen LogP contribution >= 0.6 is 0 Å². The van der Waals surface area contributed by atoms with Crippen molar-refractivity contribution in [1.82, 2.24) is 24.9 Å². The molecule has 5 rings (SSSR count). The molecule has 10 nitrogen and oxygen atoms in total. The van der Waals surface area contributed by atoms with Crippen LogP contribution in [0.2, 0.25) is 0 Å². The van der Waals surface area contributed by atoms with Crippen molar-refractivity contribution in [2.24, 2.45) is 0 Å². The van der Waals surface area contributed by atoms with Gasteiger partial charge < -0.3 is 24.8 Å². The van der Waals surface area contributed by atoms with Gasteiger partial charge in [0, 0.05) is 39.6 Å². The zero-order valence-corrected chi connectivity index (χ0v) is 21.8. The molecular formula is C29H31N5O5. The SMILES string of the molecule is C=CCN1C(=O)N[C@H](c2cccc(Oc3ccccc3)c2)C2=C1CN(CC(=O)N1CCN(C(C)=O)CC1)C2=O. The first-order valence-corrected chi connectivity index (χ1v) is 12.9. The zero-order chi connectivity index (χ0) is 27.5. The lowest BCUT2D eigenvalue weighted by Gasteiger charge is -2.35. The summed E-state index contributed by atoms with van der Waals surface area (Å²) in [6, 6.07) is 15.6. The van der Waals surface area contributed by atoms with Gasteiger partial charge in [0.05, 0.1) is 23.9 Å². The number of hydrogen-bond donors (Lipinski definition) is 1. The van der Waals surface area contributed by atoms with Crippen molar-refractivity contribution in [2.45, 2.75) is 13.0 Å². The van der Waals surface area contributed by atoms with Crippen molar-refractivity contribution in [1.29, 1.82) is 0 Å². The number of carbonyl (C=O) groups excluding carboxylic acids is 4. The van der Waals surface area contributed by atoms with Crippen LogP contribution < -0.4 is 10.1 Å². The molecule has 202 valence electrons. The molecule has 0 unspecified atom stereocenters. The molecule has 0 saturated carbocycles. The molecule has 2 aromatic rings. The predicted molar refractivity (Wildman–Crippen MR) is 144 cm³/mol. The summed E-state index contributed by atoms with van der Waals surface area (Å²) in [5, 5.41) is 2.96. The molecule has 10 heteroatoms. The zero-order valence-electron chi connectivity index (χ0n) is 21.8. The smallest absolute Gasteiger partial charge is 0.322 e. The van der Waals surface area contributed by atoms with E-state index in [4.69, 9.17) is 4.74 Å². The maximum absolute atomic E-state index is 13.7. The fraction of sp³-hybridized carbons (Fsp3) is 0.310. The maximum atomic E-state index is 13.7. The minimum absolute atomic E-state index is 0.0162. The minimum atomic E-state index is -0.695. The Hall–Kier alpha value is -4.60. The first kappa shape index (κ1) is 26.0. The van der Waals surface area contributed by atoms with Gasteiger partial charge in [-0.05, 0) is 29.8 Å². The lowest BCUT2D eigenvalue weighted by Crippen LogP contribution is -2.52. The van der Waals surface area contributed by atoms with Crippen molar-refractivity contribution in [2.75, 3.05) is 45.8 Å². The Balaban J connectivity index is 1.37. The van der Waals surface area contributed by atoms with Crippen LogP contribution in [0.5, 0.6) is 11.5 Å². The largest absolute Gasteiger partial charge is 0.457 e. The second-order valence-electron chi connectivity index (χ2n) is 9.68. The van der Waals surface area contributed by atoms with Crippen molar-refractivity contribution in [3.8, 4) is 11.5 Å². The number of amides is 5. The molecule has 1 fully saturated rings. The van der Waals surface area contributed by atoms with E-state index in [-0.39, 0.29) is 43.4 Å². The number of piperazine rings is 1. The second-order valence-corrected chi connectivity index (χ2v) is 9.68. The molecule has 0 radical (unpaired) electrons. The summed E-state index contributed by atoms with van der Waals surface area (Å²) in [4.78, 5) is 57.9. The average molecular weight is 530 g/mol. The first-order chi connectivity index (χ1) is 18.9. The Kier molecular flexibility index (Phi) is 7.36. The van der Waals surface area contributed by atoms with Gasteiger partial charge in [-0.3, -0.25) is 19.3 Å². The third kappa shape index (κ3) is 5.36. The van der Waals surface area contributed by atoms with Crippen molar-refractivity contribution in [3.63, 3.8) is 0 Å². The van der Waals surface area contributed by atoms with Gasteiger partial charge in [0.2, 0.25) is 11.8 Å². The Morgan fingerprint density at radius 2 is 1.69 bits per heavy atom. The lowest BCUT2D eigenvalue weighted by molar-refractivity contribution is -0.141. The molecule has 0 bridgehead atoms. The number of nitrogens with one attached hydrogen (secondary N) is 1. The summed E-state index contributed by atoms with van der Waals surface area (Å²) in [5.74, 6) is 0.748. The van der Waals surface area contributed by atoms with E-state index in [0.717, 1.165) is 0 Å². The van der Waals surface area contributed by atoms with Crippen LogP contribution in [0, 0.1) is 0 Å². The Bertz CT molecular complexity index is 1330. The van der Waals surface area contributed by atoms with Crippen molar-refractivity contribution >= 4 is 23.8 Å². The highest BCUT2D eigenvalue weighted by molar-refractivity contribution is 6.03. The minimum Gasteiger partial charge on any atom is -0.457 e. The predicted octanol–water partition coefficient (Wildman–Crippen LogP) is 2.52. The van der Waals surface area contributed by atoms with Gasteiger partial charge in [-0.1, -0.05) is 36.4 Å². The molecule has 2 aromatic carbocycles. The number of ether oxygens (including phenoxy) is 1. The van der Waals surface area contributed by atoms with E-state index in [0.29, 0.717) is 54.5 Å². The quantitative estimate of drug-likeness (QED) is 0.556. The number of benzene rings is 2. The number of hydrogen-bond acceptors (Lipinski definition) is 5.